The van der Waals surface area contributed by atoms with E-state index < -0.39 is 0 Å². The molecular formula is C19H20Cl2N2O3. The molecule has 0 saturated heterocycles. The second-order valence-corrected chi connectivity index (χ2v) is 7.01. The smallest absolute Gasteiger partial charge is 0.162 e. The lowest BCUT2D eigenvalue weighted by Crippen LogP contribution is -2.13. The van der Waals surface area contributed by atoms with Crippen LogP contribution in [0.25, 0.3) is 0 Å². The van der Waals surface area contributed by atoms with Gasteiger partial charge in [-0.2, -0.15) is 0 Å². The fraction of sp³-hybridized carbons (Fsp3) is 0.368. The molecule has 0 unspecified atom stereocenters. The maximum Gasteiger partial charge on any atom is 0.162 e. The summed E-state index contributed by atoms with van der Waals surface area (Å²) in [6.07, 6.45) is 5.00. The van der Waals surface area contributed by atoms with Gasteiger partial charge in [0.1, 0.15) is 10.3 Å². The van der Waals surface area contributed by atoms with E-state index in [0.717, 1.165) is 24.0 Å². The van der Waals surface area contributed by atoms with E-state index in [9.17, 15) is 5.21 Å². The number of oxime groups is 1. The maximum atomic E-state index is 9.52. The first-order chi connectivity index (χ1) is 12.6. The van der Waals surface area contributed by atoms with Crippen molar-refractivity contribution < 1.29 is 14.7 Å². The van der Waals surface area contributed by atoms with E-state index in [1.54, 1.807) is 19.2 Å². The van der Waals surface area contributed by atoms with Crippen molar-refractivity contribution in [1.29, 1.82) is 0 Å². The summed E-state index contributed by atoms with van der Waals surface area (Å²) < 4.78 is 11.5. The van der Waals surface area contributed by atoms with Gasteiger partial charge in [-0.1, -0.05) is 28.4 Å². The number of ether oxygens (including phenoxy) is 2. The van der Waals surface area contributed by atoms with Gasteiger partial charge in [0.15, 0.2) is 11.5 Å². The average Bonchev–Trinajstić information content (AvgIpc) is 3.12. The van der Waals surface area contributed by atoms with Crippen LogP contribution >= 0.6 is 23.2 Å². The largest absolute Gasteiger partial charge is 0.493 e. The molecule has 1 aromatic carbocycles. The Balaban J connectivity index is 1.85. The third-order valence-corrected chi connectivity index (χ3v) is 4.79. The van der Waals surface area contributed by atoms with Crippen LogP contribution in [-0.4, -0.2) is 29.1 Å². The Bertz CT molecular complexity index is 785. The predicted octanol–water partition coefficient (Wildman–Crippen LogP) is 5.14. The van der Waals surface area contributed by atoms with Gasteiger partial charge in [0.05, 0.1) is 18.9 Å². The Morgan fingerprint density at radius 2 is 1.85 bits per heavy atom. The van der Waals surface area contributed by atoms with Crippen molar-refractivity contribution in [2.75, 3.05) is 7.11 Å². The first-order valence-corrected chi connectivity index (χ1v) is 9.22. The highest BCUT2D eigenvalue weighted by Gasteiger charge is 2.19. The topological polar surface area (TPSA) is 63.9 Å². The van der Waals surface area contributed by atoms with E-state index in [2.05, 4.69) is 10.1 Å². The number of methoxy groups -OCH3 is 1. The molecule has 1 heterocycles. The lowest BCUT2D eigenvalue weighted by Gasteiger charge is -2.17. The molecule has 1 saturated carbocycles. The van der Waals surface area contributed by atoms with Gasteiger partial charge in [-0.25, -0.2) is 4.98 Å². The predicted molar refractivity (Wildman–Crippen MR) is 102 cm³/mol. The van der Waals surface area contributed by atoms with E-state index in [1.165, 1.54) is 12.8 Å². The molecule has 7 heteroatoms. The molecule has 138 valence electrons. The van der Waals surface area contributed by atoms with Gasteiger partial charge in [-0.3, -0.25) is 0 Å². The molecule has 1 aliphatic rings. The van der Waals surface area contributed by atoms with Crippen LogP contribution in [0.1, 0.15) is 36.8 Å². The minimum atomic E-state index is 0.200. The maximum absolute atomic E-state index is 9.52. The lowest BCUT2D eigenvalue weighted by atomic mass is 10.0. The summed E-state index contributed by atoms with van der Waals surface area (Å²) in [6.45, 7) is 0. The second kappa shape index (κ2) is 8.60. The van der Waals surface area contributed by atoms with Gasteiger partial charge < -0.3 is 14.7 Å². The molecule has 0 aliphatic heterocycles. The summed E-state index contributed by atoms with van der Waals surface area (Å²) in [7, 11) is 1.61. The molecule has 0 bridgehead atoms. The van der Waals surface area contributed by atoms with Crippen molar-refractivity contribution >= 4 is 28.9 Å². The molecule has 2 aromatic rings. The van der Waals surface area contributed by atoms with Gasteiger partial charge in [0, 0.05) is 12.0 Å². The van der Waals surface area contributed by atoms with E-state index in [-0.39, 0.29) is 6.10 Å². The third kappa shape index (κ3) is 4.59. The van der Waals surface area contributed by atoms with Crippen LogP contribution < -0.4 is 9.47 Å². The van der Waals surface area contributed by atoms with Crippen LogP contribution in [0.15, 0.2) is 35.5 Å². The van der Waals surface area contributed by atoms with Crippen LogP contribution in [0.4, 0.5) is 0 Å². The summed E-state index contributed by atoms with van der Waals surface area (Å²) in [4.78, 5) is 3.93. The Labute approximate surface area is 162 Å². The van der Waals surface area contributed by atoms with Crippen LogP contribution in [0.2, 0.25) is 10.3 Å². The second-order valence-electron chi connectivity index (χ2n) is 6.23. The highest BCUT2D eigenvalue weighted by atomic mass is 35.5. The van der Waals surface area contributed by atoms with Crippen molar-refractivity contribution in [1.82, 2.24) is 4.98 Å². The number of hydrogen-bond donors (Lipinski definition) is 1. The average molecular weight is 395 g/mol. The van der Waals surface area contributed by atoms with Crippen molar-refractivity contribution in [2.45, 2.75) is 38.2 Å². The van der Waals surface area contributed by atoms with Gasteiger partial charge in [0.2, 0.25) is 0 Å². The molecule has 0 spiro atoms. The van der Waals surface area contributed by atoms with Gasteiger partial charge in [-0.15, -0.1) is 0 Å². The molecule has 1 aliphatic carbocycles. The van der Waals surface area contributed by atoms with Gasteiger partial charge in [-0.05, 0) is 61.6 Å². The first kappa shape index (κ1) is 18.8. The van der Waals surface area contributed by atoms with Crippen LogP contribution in [0, 0.1) is 0 Å². The van der Waals surface area contributed by atoms with E-state index in [0.29, 0.717) is 33.9 Å². The number of nitrogens with zero attached hydrogens (tertiary/aromatic N) is 2. The first-order valence-electron chi connectivity index (χ1n) is 8.47. The lowest BCUT2D eigenvalue weighted by molar-refractivity contribution is 0.201. The fourth-order valence-electron chi connectivity index (χ4n) is 3.14. The SMILES string of the molecule is COc1ccc(C(Cc2cc(Cl)nc(Cl)c2)=NO)cc1OC1CCCC1. The highest BCUT2D eigenvalue weighted by molar-refractivity contribution is 6.32. The Hall–Kier alpha value is -1.98. The number of benzene rings is 1. The van der Waals surface area contributed by atoms with E-state index in [4.69, 9.17) is 32.7 Å². The number of rotatable bonds is 6. The summed E-state index contributed by atoms with van der Waals surface area (Å²) >= 11 is 11.9. The Morgan fingerprint density at radius 1 is 1.15 bits per heavy atom. The molecule has 0 radical (unpaired) electrons. The summed E-state index contributed by atoms with van der Waals surface area (Å²) in [5.41, 5.74) is 2.02. The van der Waals surface area contributed by atoms with Gasteiger partial charge in [0.25, 0.3) is 0 Å². The molecule has 1 fully saturated rings. The monoisotopic (exact) mass is 394 g/mol. The number of pyridine rings is 1. The quantitative estimate of drug-likeness (QED) is 0.318. The molecule has 1 aromatic heterocycles. The van der Waals surface area contributed by atoms with Crippen LogP contribution in [0.3, 0.4) is 0 Å². The van der Waals surface area contributed by atoms with Crippen molar-refractivity contribution in [3.8, 4) is 11.5 Å². The summed E-state index contributed by atoms with van der Waals surface area (Å²) in [6, 6.07) is 8.88. The highest BCUT2D eigenvalue weighted by Crippen LogP contribution is 2.33. The van der Waals surface area contributed by atoms with Crippen molar-refractivity contribution in [2.24, 2.45) is 5.16 Å². The molecule has 0 atom stereocenters. The van der Waals surface area contributed by atoms with E-state index >= 15 is 0 Å². The molecule has 0 amide bonds. The fourth-order valence-corrected chi connectivity index (χ4v) is 3.64. The zero-order valence-corrected chi connectivity index (χ0v) is 15.9. The molecule has 26 heavy (non-hydrogen) atoms. The van der Waals surface area contributed by atoms with Crippen LogP contribution in [-0.2, 0) is 6.42 Å². The summed E-state index contributed by atoms with van der Waals surface area (Å²) in [5, 5.41) is 13.6. The Morgan fingerprint density at radius 3 is 2.46 bits per heavy atom. The number of halogens is 2. The molecule has 1 N–H and O–H groups in total. The molecule has 3 rings (SSSR count). The van der Waals surface area contributed by atoms with Gasteiger partial charge >= 0.3 is 0 Å². The van der Waals surface area contributed by atoms with E-state index in [1.807, 2.05) is 18.2 Å². The normalized spacial score (nSPS) is 15.3. The van der Waals surface area contributed by atoms with Crippen molar-refractivity contribution in [3.63, 3.8) is 0 Å². The van der Waals surface area contributed by atoms with Crippen molar-refractivity contribution in [3.05, 3.63) is 51.8 Å². The third-order valence-electron chi connectivity index (χ3n) is 4.41. The minimum absolute atomic E-state index is 0.200. The zero-order chi connectivity index (χ0) is 18.5. The molecular weight excluding hydrogens is 375 g/mol. The standard InChI is InChI=1S/C19H20Cl2N2O3/c1-25-16-7-6-13(11-17(16)26-14-4-2-3-5-14)15(23-24)8-12-9-18(20)22-19(21)10-12/h6-7,9-11,14,24H,2-5,8H2,1H3. The molecule has 5 nitrogen and oxygen atoms in total. The number of aromatic nitrogens is 1. The summed E-state index contributed by atoms with van der Waals surface area (Å²) in [5.74, 6) is 1.32. The Kier molecular flexibility index (Phi) is 6.22. The van der Waals surface area contributed by atoms with Crippen LogP contribution in [0.5, 0.6) is 11.5 Å². The number of hydrogen-bond acceptors (Lipinski definition) is 5. The minimum Gasteiger partial charge on any atom is -0.493 e. The zero-order valence-electron chi connectivity index (χ0n) is 14.4.